The molecular weight excluding hydrogens is 354 g/mol. The molecule has 6 heteroatoms. The maximum absolute atomic E-state index is 14.3. The highest BCUT2D eigenvalue weighted by atomic mass is 32.2. The van der Waals surface area contributed by atoms with E-state index in [0.717, 1.165) is 43.0 Å². The Morgan fingerprint density at radius 1 is 1.27 bits per heavy atom. The van der Waals surface area contributed by atoms with Crippen molar-refractivity contribution in [2.75, 3.05) is 0 Å². The van der Waals surface area contributed by atoms with Gasteiger partial charge in [0.15, 0.2) is 0 Å². The SMILES string of the molecule is CCC(=O)N1N=C(c2cc(F)ccc2F)SC12CCCc1ccccc12. The largest absolute Gasteiger partial charge is 0.273 e. The molecule has 0 saturated carbocycles. The number of aryl methyl sites for hydroxylation is 1. The second-order valence-electron chi connectivity index (χ2n) is 6.49. The Bertz CT molecular complexity index is 914. The summed E-state index contributed by atoms with van der Waals surface area (Å²) in [6, 6.07) is 11.3. The van der Waals surface area contributed by atoms with Gasteiger partial charge in [-0.15, -0.1) is 0 Å². The molecule has 1 spiro atoms. The minimum absolute atomic E-state index is 0.101. The van der Waals surface area contributed by atoms with Gasteiger partial charge in [0.25, 0.3) is 0 Å². The predicted octanol–water partition coefficient (Wildman–Crippen LogP) is 4.80. The number of carbonyl (C=O) groups is 1. The van der Waals surface area contributed by atoms with Gasteiger partial charge in [0, 0.05) is 12.0 Å². The summed E-state index contributed by atoms with van der Waals surface area (Å²) >= 11 is 1.35. The Morgan fingerprint density at radius 3 is 2.88 bits per heavy atom. The molecule has 26 heavy (non-hydrogen) atoms. The summed E-state index contributed by atoms with van der Waals surface area (Å²) in [5.41, 5.74) is 2.31. The first-order valence-corrected chi connectivity index (χ1v) is 9.51. The molecule has 0 N–H and O–H groups in total. The molecule has 1 aliphatic carbocycles. The van der Waals surface area contributed by atoms with Crippen molar-refractivity contribution in [3.8, 4) is 0 Å². The molecule has 1 amide bonds. The summed E-state index contributed by atoms with van der Waals surface area (Å²) in [4.78, 5) is 12.0. The number of rotatable bonds is 2. The van der Waals surface area contributed by atoms with Crippen LogP contribution in [0.25, 0.3) is 0 Å². The minimum atomic E-state index is -0.684. The summed E-state index contributed by atoms with van der Waals surface area (Å²) in [5.74, 6) is -1.19. The first kappa shape index (κ1) is 17.2. The zero-order chi connectivity index (χ0) is 18.3. The van der Waals surface area contributed by atoms with E-state index in [4.69, 9.17) is 0 Å². The average molecular weight is 372 g/mol. The molecule has 0 radical (unpaired) electrons. The second kappa shape index (κ2) is 6.50. The summed E-state index contributed by atoms with van der Waals surface area (Å²) in [6.45, 7) is 1.78. The van der Waals surface area contributed by atoms with Gasteiger partial charge in [0.05, 0.1) is 0 Å². The Labute approximate surface area is 155 Å². The van der Waals surface area contributed by atoms with Gasteiger partial charge in [-0.2, -0.15) is 5.10 Å². The van der Waals surface area contributed by atoms with E-state index in [-0.39, 0.29) is 11.5 Å². The van der Waals surface area contributed by atoms with E-state index >= 15 is 0 Å². The Balaban J connectivity index is 1.85. The van der Waals surface area contributed by atoms with Crippen molar-refractivity contribution < 1.29 is 13.6 Å². The molecular formula is C20H18F2N2OS. The van der Waals surface area contributed by atoms with Gasteiger partial charge in [-0.1, -0.05) is 43.0 Å². The van der Waals surface area contributed by atoms with E-state index in [1.54, 1.807) is 6.92 Å². The van der Waals surface area contributed by atoms with Crippen LogP contribution in [0.2, 0.25) is 0 Å². The number of hydrazone groups is 1. The van der Waals surface area contributed by atoms with Crippen molar-refractivity contribution in [1.82, 2.24) is 5.01 Å². The highest BCUT2D eigenvalue weighted by Gasteiger charge is 2.50. The molecule has 1 heterocycles. The molecule has 0 aromatic heterocycles. The van der Waals surface area contributed by atoms with Crippen LogP contribution < -0.4 is 0 Å². The monoisotopic (exact) mass is 372 g/mol. The van der Waals surface area contributed by atoms with Crippen LogP contribution in [-0.2, 0) is 16.1 Å². The van der Waals surface area contributed by atoms with Crippen LogP contribution in [0.5, 0.6) is 0 Å². The number of nitrogens with zero attached hydrogens (tertiary/aromatic N) is 2. The number of amides is 1. The lowest BCUT2D eigenvalue weighted by Crippen LogP contribution is -2.43. The minimum Gasteiger partial charge on any atom is -0.273 e. The van der Waals surface area contributed by atoms with Gasteiger partial charge >= 0.3 is 0 Å². The fourth-order valence-electron chi connectivity index (χ4n) is 3.67. The molecule has 2 aromatic rings. The van der Waals surface area contributed by atoms with Gasteiger partial charge in [-0.05, 0) is 48.6 Å². The lowest BCUT2D eigenvalue weighted by molar-refractivity contribution is -0.134. The smallest absolute Gasteiger partial charge is 0.244 e. The number of carbonyl (C=O) groups excluding carboxylic acids is 1. The topological polar surface area (TPSA) is 32.7 Å². The number of fused-ring (bicyclic) bond motifs is 2. The third-order valence-corrected chi connectivity index (χ3v) is 6.33. The van der Waals surface area contributed by atoms with Crippen LogP contribution in [0.1, 0.15) is 42.9 Å². The van der Waals surface area contributed by atoms with Crippen molar-refractivity contribution in [2.24, 2.45) is 5.10 Å². The molecule has 0 saturated heterocycles. The van der Waals surface area contributed by atoms with Crippen molar-refractivity contribution in [3.63, 3.8) is 0 Å². The van der Waals surface area contributed by atoms with Gasteiger partial charge in [0.2, 0.25) is 5.91 Å². The maximum Gasteiger partial charge on any atom is 0.244 e. The van der Waals surface area contributed by atoms with E-state index in [2.05, 4.69) is 11.2 Å². The van der Waals surface area contributed by atoms with Crippen molar-refractivity contribution >= 4 is 22.7 Å². The quantitative estimate of drug-likeness (QED) is 0.758. The van der Waals surface area contributed by atoms with Crippen LogP contribution in [0.15, 0.2) is 47.6 Å². The molecule has 4 rings (SSSR count). The van der Waals surface area contributed by atoms with Crippen LogP contribution in [-0.4, -0.2) is 16.0 Å². The number of thioether (sulfide) groups is 1. The lowest BCUT2D eigenvalue weighted by atomic mass is 9.86. The summed E-state index contributed by atoms with van der Waals surface area (Å²) < 4.78 is 28.0. The fraction of sp³-hybridized carbons (Fsp3) is 0.300. The molecule has 1 aliphatic heterocycles. The summed E-state index contributed by atoms with van der Waals surface area (Å²) in [6.07, 6.45) is 2.87. The summed E-state index contributed by atoms with van der Waals surface area (Å²) in [7, 11) is 0. The zero-order valence-corrected chi connectivity index (χ0v) is 15.2. The van der Waals surface area contributed by atoms with Crippen LogP contribution in [0.3, 0.4) is 0 Å². The Kier molecular flexibility index (Phi) is 4.31. The van der Waals surface area contributed by atoms with E-state index in [1.807, 2.05) is 18.2 Å². The molecule has 0 fully saturated rings. The Morgan fingerprint density at radius 2 is 2.08 bits per heavy atom. The van der Waals surface area contributed by atoms with Gasteiger partial charge in [-0.3, -0.25) is 4.79 Å². The van der Waals surface area contributed by atoms with E-state index in [0.29, 0.717) is 11.5 Å². The normalized spacial score (nSPS) is 21.7. The predicted molar refractivity (Wildman–Crippen MR) is 98.7 cm³/mol. The molecule has 1 atom stereocenters. The van der Waals surface area contributed by atoms with Crippen molar-refractivity contribution in [2.45, 2.75) is 37.5 Å². The van der Waals surface area contributed by atoms with Crippen LogP contribution in [0.4, 0.5) is 8.78 Å². The highest BCUT2D eigenvalue weighted by molar-refractivity contribution is 8.15. The van der Waals surface area contributed by atoms with Gasteiger partial charge in [-0.25, -0.2) is 13.8 Å². The average Bonchev–Trinajstić information content (AvgIpc) is 3.03. The van der Waals surface area contributed by atoms with Crippen LogP contribution >= 0.6 is 11.8 Å². The zero-order valence-electron chi connectivity index (χ0n) is 14.3. The Hall–Kier alpha value is -2.21. The molecule has 2 aromatic carbocycles. The number of benzene rings is 2. The fourth-order valence-corrected chi connectivity index (χ4v) is 5.16. The standard InChI is InChI=1S/C20H18F2N2OS/c1-2-18(25)24-20(11-5-7-13-6-3-4-8-16(13)20)26-19(23-24)15-12-14(21)9-10-17(15)22/h3-4,6,8-10,12H,2,5,7,11H2,1H3. The summed E-state index contributed by atoms with van der Waals surface area (Å²) in [5, 5.41) is 6.31. The van der Waals surface area contributed by atoms with Crippen molar-refractivity contribution in [1.29, 1.82) is 0 Å². The highest BCUT2D eigenvalue weighted by Crippen LogP contribution is 2.53. The third-order valence-electron chi connectivity index (χ3n) is 4.90. The second-order valence-corrected chi connectivity index (χ2v) is 7.75. The number of hydrogen-bond donors (Lipinski definition) is 0. The first-order valence-electron chi connectivity index (χ1n) is 8.69. The van der Waals surface area contributed by atoms with E-state index in [1.165, 1.54) is 22.3 Å². The lowest BCUT2D eigenvalue weighted by Gasteiger charge is -2.40. The van der Waals surface area contributed by atoms with Crippen molar-refractivity contribution in [3.05, 3.63) is 70.8 Å². The van der Waals surface area contributed by atoms with Gasteiger partial charge < -0.3 is 0 Å². The molecule has 1 unspecified atom stereocenters. The number of halogens is 2. The third kappa shape index (κ3) is 2.63. The van der Waals surface area contributed by atoms with Crippen LogP contribution in [0, 0.1) is 11.6 Å². The molecule has 3 nitrogen and oxygen atoms in total. The molecule has 2 aliphatic rings. The molecule has 134 valence electrons. The van der Waals surface area contributed by atoms with E-state index < -0.39 is 16.5 Å². The number of hydrogen-bond acceptors (Lipinski definition) is 3. The van der Waals surface area contributed by atoms with Gasteiger partial charge in [0.1, 0.15) is 21.5 Å². The maximum atomic E-state index is 14.3. The van der Waals surface area contributed by atoms with E-state index in [9.17, 15) is 13.6 Å². The first-order chi connectivity index (χ1) is 12.5. The molecule has 0 bridgehead atoms.